The molecule has 6 nitrogen and oxygen atoms in total. The standard InChI is InChI=1S/C25H26N4O2S/c1-20(21-10-4-2-5-11-21)16-26-24(30)19-32(31)18-22-17-27-29(23-12-6-3-7-13-23)25(22)28-14-8-9-15-28/h2-15,17,20H,16,18-19H2,1H3,(H,26,30)/t20-,32+/m0/s1. The van der Waals surface area contributed by atoms with Crippen molar-refractivity contribution in [1.29, 1.82) is 0 Å². The van der Waals surface area contributed by atoms with E-state index in [1.165, 1.54) is 5.56 Å². The smallest absolute Gasteiger partial charge is 0.232 e. The molecule has 0 aliphatic rings. The number of hydrogen-bond donors (Lipinski definition) is 1. The van der Waals surface area contributed by atoms with Gasteiger partial charge >= 0.3 is 0 Å². The lowest BCUT2D eigenvalue weighted by Gasteiger charge is -2.13. The maximum Gasteiger partial charge on any atom is 0.232 e. The highest BCUT2D eigenvalue weighted by molar-refractivity contribution is 7.84. The first-order chi connectivity index (χ1) is 15.6. The lowest BCUT2D eigenvalue weighted by atomic mass is 10.0. The SMILES string of the molecule is C[C@@H](CNC(=O)C[S@](=O)Cc1cnn(-c2ccccc2)c1-n1cccc1)c1ccccc1. The average Bonchev–Trinajstić information content (AvgIpc) is 3.48. The number of para-hydroxylation sites is 1. The second-order valence-electron chi connectivity index (χ2n) is 7.68. The second-order valence-corrected chi connectivity index (χ2v) is 9.13. The first-order valence-electron chi connectivity index (χ1n) is 10.5. The molecule has 2 heterocycles. The summed E-state index contributed by atoms with van der Waals surface area (Å²) in [6.07, 6.45) is 5.59. The summed E-state index contributed by atoms with van der Waals surface area (Å²) < 4.78 is 16.6. The topological polar surface area (TPSA) is 68.9 Å². The fraction of sp³-hybridized carbons (Fsp3) is 0.200. The Bertz CT molecular complexity index is 1170. The minimum Gasteiger partial charge on any atom is -0.355 e. The summed E-state index contributed by atoms with van der Waals surface area (Å²) in [5.41, 5.74) is 2.91. The van der Waals surface area contributed by atoms with Crippen molar-refractivity contribution in [3.05, 3.63) is 103 Å². The van der Waals surface area contributed by atoms with E-state index in [4.69, 9.17) is 0 Å². The first-order valence-corrected chi connectivity index (χ1v) is 12.0. The summed E-state index contributed by atoms with van der Waals surface area (Å²) in [6, 6.07) is 23.7. The Morgan fingerprint density at radius 2 is 1.66 bits per heavy atom. The zero-order chi connectivity index (χ0) is 22.3. The molecule has 0 unspecified atom stereocenters. The predicted molar refractivity (Wildman–Crippen MR) is 127 cm³/mol. The lowest BCUT2D eigenvalue weighted by Crippen LogP contribution is -2.31. The van der Waals surface area contributed by atoms with E-state index < -0.39 is 10.8 Å². The molecule has 32 heavy (non-hydrogen) atoms. The number of benzene rings is 2. The molecule has 2 atom stereocenters. The van der Waals surface area contributed by atoms with Gasteiger partial charge in [-0.15, -0.1) is 0 Å². The fourth-order valence-corrected chi connectivity index (χ4v) is 4.62. The number of hydrogen-bond acceptors (Lipinski definition) is 3. The number of amides is 1. The van der Waals surface area contributed by atoms with E-state index in [1.807, 2.05) is 94.4 Å². The molecule has 0 radical (unpaired) electrons. The van der Waals surface area contributed by atoms with Crippen molar-refractivity contribution in [2.24, 2.45) is 0 Å². The predicted octanol–water partition coefficient (Wildman–Crippen LogP) is 3.83. The van der Waals surface area contributed by atoms with Crippen LogP contribution in [0, 0.1) is 0 Å². The van der Waals surface area contributed by atoms with E-state index in [-0.39, 0.29) is 23.3 Å². The third-order valence-corrected chi connectivity index (χ3v) is 6.47. The van der Waals surface area contributed by atoms with Gasteiger partial charge in [-0.25, -0.2) is 4.68 Å². The summed E-state index contributed by atoms with van der Waals surface area (Å²) in [7, 11) is -1.35. The summed E-state index contributed by atoms with van der Waals surface area (Å²) in [5.74, 6) is 1.03. The zero-order valence-electron chi connectivity index (χ0n) is 17.9. The van der Waals surface area contributed by atoms with Crippen molar-refractivity contribution in [2.75, 3.05) is 12.3 Å². The van der Waals surface area contributed by atoms with Gasteiger partial charge in [-0.2, -0.15) is 5.10 Å². The first kappa shape index (κ1) is 21.8. The Morgan fingerprint density at radius 1 is 1.00 bits per heavy atom. The van der Waals surface area contributed by atoms with Crippen molar-refractivity contribution in [1.82, 2.24) is 19.7 Å². The molecule has 1 amide bonds. The maximum absolute atomic E-state index is 12.8. The number of carbonyl (C=O) groups is 1. The van der Waals surface area contributed by atoms with Crippen LogP contribution in [0.3, 0.4) is 0 Å². The van der Waals surface area contributed by atoms with E-state index in [1.54, 1.807) is 6.20 Å². The van der Waals surface area contributed by atoms with Crippen LogP contribution in [0.5, 0.6) is 0 Å². The molecule has 4 aromatic rings. The summed E-state index contributed by atoms with van der Waals surface area (Å²) >= 11 is 0. The number of aromatic nitrogens is 3. The van der Waals surface area contributed by atoms with E-state index in [0.717, 1.165) is 17.1 Å². The van der Waals surface area contributed by atoms with Crippen LogP contribution in [0.4, 0.5) is 0 Å². The normalized spacial score (nSPS) is 12.9. The van der Waals surface area contributed by atoms with Crippen molar-refractivity contribution < 1.29 is 9.00 Å². The van der Waals surface area contributed by atoms with Gasteiger partial charge in [0.2, 0.25) is 5.91 Å². The van der Waals surface area contributed by atoms with Gasteiger partial charge in [0.05, 0.1) is 17.6 Å². The summed E-state index contributed by atoms with van der Waals surface area (Å²) in [6.45, 7) is 2.58. The molecule has 0 bridgehead atoms. The molecule has 0 fully saturated rings. The Kier molecular flexibility index (Phi) is 6.97. The Labute approximate surface area is 190 Å². The van der Waals surface area contributed by atoms with Crippen LogP contribution >= 0.6 is 0 Å². The van der Waals surface area contributed by atoms with Crippen LogP contribution in [0.15, 0.2) is 91.4 Å². The molecule has 2 aromatic heterocycles. The molecule has 0 spiro atoms. The van der Waals surface area contributed by atoms with Crippen LogP contribution in [0.1, 0.15) is 24.0 Å². The molecule has 2 aromatic carbocycles. The number of nitrogens with one attached hydrogen (secondary N) is 1. The summed E-state index contributed by atoms with van der Waals surface area (Å²) in [4.78, 5) is 12.4. The van der Waals surface area contributed by atoms with Gasteiger partial charge in [0.15, 0.2) is 0 Å². The quantitative estimate of drug-likeness (QED) is 0.425. The van der Waals surface area contributed by atoms with Crippen LogP contribution in [-0.2, 0) is 21.3 Å². The molecule has 0 aliphatic heterocycles. The van der Waals surface area contributed by atoms with E-state index in [9.17, 15) is 9.00 Å². The van der Waals surface area contributed by atoms with E-state index in [0.29, 0.717) is 6.54 Å². The molecular weight excluding hydrogens is 420 g/mol. The second kappa shape index (κ2) is 10.2. The molecular formula is C25H26N4O2S. The highest BCUT2D eigenvalue weighted by atomic mass is 32.2. The van der Waals surface area contributed by atoms with E-state index >= 15 is 0 Å². The number of carbonyl (C=O) groups excluding carboxylic acids is 1. The van der Waals surface area contributed by atoms with E-state index in [2.05, 4.69) is 17.3 Å². The molecule has 4 rings (SSSR count). The highest BCUT2D eigenvalue weighted by Crippen LogP contribution is 2.21. The van der Waals surface area contributed by atoms with Crippen molar-refractivity contribution in [3.8, 4) is 11.5 Å². The number of rotatable bonds is 9. The van der Waals surface area contributed by atoms with Crippen molar-refractivity contribution in [3.63, 3.8) is 0 Å². The average molecular weight is 447 g/mol. The Morgan fingerprint density at radius 3 is 2.34 bits per heavy atom. The third kappa shape index (κ3) is 5.23. The van der Waals surface area contributed by atoms with Gasteiger partial charge in [-0.3, -0.25) is 9.00 Å². The molecule has 0 saturated heterocycles. The van der Waals surface area contributed by atoms with Gasteiger partial charge in [-0.1, -0.05) is 55.5 Å². The zero-order valence-corrected chi connectivity index (χ0v) is 18.7. The maximum atomic E-state index is 12.8. The molecule has 0 aliphatic carbocycles. The van der Waals surface area contributed by atoms with Gasteiger partial charge in [0.1, 0.15) is 11.6 Å². The van der Waals surface area contributed by atoms with Gasteiger partial charge < -0.3 is 9.88 Å². The van der Waals surface area contributed by atoms with Gasteiger partial charge in [0.25, 0.3) is 0 Å². The van der Waals surface area contributed by atoms with Crippen LogP contribution in [-0.4, -0.2) is 36.8 Å². The Balaban J connectivity index is 1.42. The fourth-order valence-electron chi connectivity index (χ4n) is 3.57. The molecule has 164 valence electrons. The largest absolute Gasteiger partial charge is 0.355 e. The van der Waals surface area contributed by atoms with Crippen LogP contribution in [0.25, 0.3) is 11.5 Å². The molecule has 1 N–H and O–H groups in total. The minimum atomic E-state index is -1.35. The van der Waals surface area contributed by atoms with Crippen LogP contribution in [0.2, 0.25) is 0 Å². The monoisotopic (exact) mass is 446 g/mol. The lowest BCUT2D eigenvalue weighted by molar-refractivity contribution is -0.118. The molecule has 7 heteroatoms. The van der Waals surface area contributed by atoms with Gasteiger partial charge in [-0.05, 0) is 35.7 Å². The Hall–Kier alpha value is -3.45. The highest BCUT2D eigenvalue weighted by Gasteiger charge is 2.18. The minimum absolute atomic E-state index is 0.0385. The number of nitrogens with zero attached hydrogens (tertiary/aromatic N) is 3. The van der Waals surface area contributed by atoms with Crippen molar-refractivity contribution in [2.45, 2.75) is 18.6 Å². The van der Waals surface area contributed by atoms with Crippen LogP contribution < -0.4 is 5.32 Å². The molecule has 0 saturated carbocycles. The third-order valence-electron chi connectivity index (χ3n) is 5.25. The van der Waals surface area contributed by atoms with Gasteiger partial charge in [0, 0.05) is 35.3 Å². The van der Waals surface area contributed by atoms with Crippen molar-refractivity contribution >= 4 is 16.7 Å². The summed E-state index contributed by atoms with van der Waals surface area (Å²) in [5, 5.41) is 7.44.